The van der Waals surface area contributed by atoms with Crippen LogP contribution in [0.1, 0.15) is 11.8 Å². The Labute approximate surface area is 85.3 Å². The molecule has 2 atom stereocenters. The van der Waals surface area contributed by atoms with Crippen molar-refractivity contribution in [3.05, 3.63) is 34.1 Å². The lowest BCUT2D eigenvalue weighted by Crippen LogP contribution is -2.27. The van der Waals surface area contributed by atoms with Gasteiger partial charge in [-0.25, -0.2) is 0 Å². The van der Waals surface area contributed by atoms with Gasteiger partial charge in [0.25, 0.3) is 5.69 Å². The predicted molar refractivity (Wildman–Crippen MR) is 50.9 cm³/mol. The van der Waals surface area contributed by atoms with E-state index in [0.29, 0.717) is 0 Å². The molecular weight excluding hydrogens is 202 g/mol. The molecular formula is C8H11N3O4. The minimum absolute atomic E-state index is 0.0298. The van der Waals surface area contributed by atoms with Crippen LogP contribution in [0.5, 0.6) is 0 Å². The van der Waals surface area contributed by atoms with Crippen molar-refractivity contribution in [1.82, 2.24) is 4.98 Å². The molecule has 0 aliphatic heterocycles. The van der Waals surface area contributed by atoms with Crippen LogP contribution in [0.2, 0.25) is 0 Å². The summed E-state index contributed by atoms with van der Waals surface area (Å²) in [5.41, 5.74) is 4.97. The van der Waals surface area contributed by atoms with E-state index in [1.165, 1.54) is 12.3 Å². The van der Waals surface area contributed by atoms with Gasteiger partial charge in [-0.05, 0) is 0 Å². The van der Waals surface area contributed by atoms with E-state index in [1.807, 2.05) is 0 Å². The number of rotatable bonds is 4. The molecule has 0 aliphatic carbocycles. The highest BCUT2D eigenvalue weighted by Gasteiger charge is 2.20. The molecule has 1 heterocycles. The summed E-state index contributed by atoms with van der Waals surface area (Å²) >= 11 is 0. The zero-order valence-corrected chi connectivity index (χ0v) is 7.78. The molecule has 4 N–H and O–H groups in total. The molecule has 1 aromatic rings. The molecule has 7 heteroatoms. The Morgan fingerprint density at radius 3 is 2.80 bits per heavy atom. The zero-order chi connectivity index (χ0) is 11.4. The highest BCUT2D eigenvalue weighted by molar-refractivity contribution is 5.30. The van der Waals surface area contributed by atoms with Gasteiger partial charge in [-0.3, -0.25) is 15.1 Å². The van der Waals surface area contributed by atoms with E-state index in [0.717, 1.165) is 6.07 Å². The summed E-state index contributed by atoms with van der Waals surface area (Å²) < 4.78 is 0. The fraction of sp³-hybridized carbons (Fsp3) is 0.375. The minimum atomic E-state index is -1.31. The highest BCUT2D eigenvalue weighted by Crippen LogP contribution is 2.18. The fourth-order valence-electron chi connectivity index (χ4n) is 1.04. The van der Waals surface area contributed by atoms with E-state index in [9.17, 15) is 20.3 Å². The van der Waals surface area contributed by atoms with Crippen molar-refractivity contribution in [2.75, 3.05) is 6.54 Å². The normalized spacial score (nSPS) is 14.6. The Balaban J connectivity index is 2.94. The number of pyridine rings is 1. The van der Waals surface area contributed by atoms with Gasteiger partial charge in [0.1, 0.15) is 6.10 Å². The molecule has 1 rings (SSSR count). The predicted octanol–water partition coefficient (Wildman–Crippen LogP) is -0.657. The number of aliphatic hydroxyl groups is 2. The van der Waals surface area contributed by atoms with Crippen molar-refractivity contribution in [3.8, 4) is 0 Å². The van der Waals surface area contributed by atoms with Crippen molar-refractivity contribution >= 4 is 5.69 Å². The maximum atomic E-state index is 10.4. The third-order valence-electron chi connectivity index (χ3n) is 1.88. The number of aliphatic hydroxyl groups excluding tert-OH is 2. The molecule has 7 nitrogen and oxygen atoms in total. The summed E-state index contributed by atoms with van der Waals surface area (Å²) in [5.74, 6) is 0. The van der Waals surface area contributed by atoms with Crippen LogP contribution >= 0.6 is 0 Å². The molecule has 2 unspecified atom stereocenters. The van der Waals surface area contributed by atoms with E-state index in [-0.39, 0.29) is 17.9 Å². The first-order valence-electron chi connectivity index (χ1n) is 4.22. The second-order valence-corrected chi connectivity index (χ2v) is 2.94. The minimum Gasteiger partial charge on any atom is -0.389 e. The van der Waals surface area contributed by atoms with Crippen LogP contribution in [0, 0.1) is 10.1 Å². The quantitative estimate of drug-likeness (QED) is 0.451. The average molecular weight is 213 g/mol. The number of nitro groups is 1. The molecule has 0 spiro atoms. The summed E-state index contributed by atoms with van der Waals surface area (Å²) in [5, 5.41) is 29.1. The van der Waals surface area contributed by atoms with Gasteiger partial charge in [0.2, 0.25) is 0 Å². The molecule has 0 saturated heterocycles. The lowest BCUT2D eigenvalue weighted by Gasteiger charge is -2.14. The Morgan fingerprint density at radius 2 is 2.27 bits per heavy atom. The maximum absolute atomic E-state index is 10.4. The van der Waals surface area contributed by atoms with Gasteiger partial charge in [-0.15, -0.1) is 0 Å². The van der Waals surface area contributed by atoms with Crippen LogP contribution in [0.4, 0.5) is 5.69 Å². The second-order valence-electron chi connectivity index (χ2n) is 2.94. The van der Waals surface area contributed by atoms with Crippen LogP contribution in [0.3, 0.4) is 0 Å². The van der Waals surface area contributed by atoms with Gasteiger partial charge >= 0.3 is 0 Å². The third kappa shape index (κ3) is 2.69. The summed E-state index contributed by atoms with van der Waals surface area (Å²) in [6.45, 7) is -0.147. The topological polar surface area (TPSA) is 123 Å². The average Bonchev–Trinajstić information content (AvgIpc) is 2.27. The van der Waals surface area contributed by atoms with E-state index in [2.05, 4.69) is 4.98 Å². The first-order chi connectivity index (χ1) is 7.06. The molecule has 0 amide bonds. The number of nitrogens with zero attached hydrogens (tertiary/aromatic N) is 2. The highest BCUT2D eigenvalue weighted by atomic mass is 16.6. The lowest BCUT2D eigenvalue weighted by atomic mass is 10.1. The maximum Gasteiger partial charge on any atom is 0.272 e. The van der Waals surface area contributed by atoms with Gasteiger partial charge in [-0.1, -0.05) is 0 Å². The Hall–Kier alpha value is -1.57. The number of hydrogen-bond acceptors (Lipinski definition) is 6. The summed E-state index contributed by atoms with van der Waals surface area (Å²) in [6, 6.07) is 2.30. The largest absolute Gasteiger partial charge is 0.389 e. The number of aromatic nitrogens is 1. The van der Waals surface area contributed by atoms with Crippen LogP contribution < -0.4 is 5.73 Å². The van der Waals surface area contributed by atoms with Gasteiger partial charge in [0.15, 0.2) is 0 Å². The van der Waals surface area contributed by atoms with E-state index < -0.39 is 17.1 Å². The lowest BCUT2D eigenvalue weighted by molar-refractivity contribution is -0.385. The van der Waals surface area contributed by atoms with Gasteiger partial charge in [-0.2, -0.15) is 0 Å². The van der Waals surface area contributed by atoms with E-state index in [4.69, 9.17) is 5.73 Å². The van der Waals surface area contributed by atoms with Crippen molar-refractivity contribution in [2.45, 2.75) is 12.2 Å². The molecule has 0 bridgehead atoms. The Kier molecular flexibility index (Phi) is 3.67. The van der Waals surface area contributed by atoms with Crippen molar-refractivity contribution < 1.29 is 15.1 Å². The first-order valence-corrected chi connectivity index (χ1v) is 4.22. The van der Waals surface area contributed by atoms with Gasteiger partial charge in [0.05, 0.1) is 16.7 Å². The van der Waals surface area contributed by atoms with Crippen LogP contribution in [-0.4, -0.2) is 32.8 Å². The van der Waals surface area contributed by atoms with Crippen molar-refractivity contribution in [3.63, 3.8) is 0 Å². The Bertz CT molecular complexity index is 357. The molecule has 0 aliphatic rings. The molecule has 1 aromatic heterocycles. The fourth-order valence-corrected chi connectivity index (χ4v) is 1.04. The first kappa shape index (κ1) is 11.5. The second kappa shape index (κ2) is 4.78. The zero-order valence-electron chi connectivity index (χ0n) is 7.78. The smallest absolute Gasteiger partial charge is 0.272 e. The molecule has 0 radical (unpaired) electrons. The van der Waals surface area contributed by atoms with Crippen LogP contribution in [0.25, 0.3) is 0 Å². The third-order valence-corrected chi connectivity index (χ3v) is 1.88. The summed E-state index contributed by atoms with van der Waals surface area (Å²) in [7, 11) is 0. The molecule has 0 fully saturated rings. The van der Waals surface area contributed by atoms with Crippen molar-refractivity contribution in [2.24, 2.45) is 5.73 Å². The molecule has 82 valence electrons. The molecule has 15 heavy (non-hydrogen) atoms. The standard InChI is InChI=1S/C8H11N3O4/c9-4-7(12)8(13)6-3-5(11(14)15)1-2-10-6/h1-3,7-8,12-13H,4,9H2. The van der Waals surface area contributed by atoms with E-state index >= 15 is 0 Å². The molecule has 0 saturated carbocycles. The monoisotopic (exact) mass is 213 g/mol. The van der Waals surface area contributed by atoms with Gasteiger partial charge in [0, 0.05) is 24.9 Å². The molecule has 0 aromatic carbocycles. The Morgan fingerprint density at radius 1 is 1.60 bits per heavy atom. The number of hydrogen-bond donors (Lipinski definition) is 3. The van der Waals surface area contributed by atoms with Gasteiger partial charge < -0.3 is 15.9 Å². The summed E-state index contributed by atoms with van der Waals surface area (Å²) in [4.78, 5) is 13.5. The number of nitrogens with two attached hydrogens (primary N) is 1. The van der Waals surface area contributed by atoms with Crippen molar-refractivity contribution in [1.29, 1.82) is 0 Å². The van der Waals surface area contributed by atoms with E-state index in [1.54, 1.807) is 0 Å². The van der Waals surface area contributed by atoms with Crippen LogP contribution in [0.15, 0.2) is 18.3 Å². The van der Waals surface area contributed by atoms with Crippen LogP contribution in [-0.2, 0) is 0 Å². The SMILES string of the molecule is NCC(O)C(O)c1cc([N+](=O)[O-])ccn1. The summed E-state index contributed by atoms with van der Waals surface area (Å²) in [6.07, 6.45) is -1.30.